The van der Waals surface area contributed by atoms with Crippen molar-refractivity contribution in [1.82, 2.24) is 20.2 Å². The van der Waals surface area contributed by atoms with Crippen LogP contribution < -0.4 is 10.3 Å². The minimum Gasteiger partial charge on any atom is -0.321 e. The van der Waals surface area contributed by atoms with Gasteiger partial charge in [0.15, 0.2) is 0 Å². The fourth-order valence-electron chi connectivity index (χ4n) is 2.81. The zero-order valence-electron chi connectivity index (χ0n) is 15.4. The maximum atomic E-state index is 12.6. The topological polar surface area (TPSA) is 105 Å². The summed E-state index contributed by atoms with van der Waals surface area (Å²) in [5.41, 5.74) is 3.05. The number of hydrazone groups is 1. The van der Waals surface area contributed by atoms with Gasteiger partial charge in [-0.05, 0) is 59.3 Å². The standard InChI is InChI=1S/C19H16ClN7O2/c1-12-2-5-15(10-16(12)20)27-18(28)9-8-17(23-27)19(29)22-13-3-6-14(7-4-13)26-11-21-24-25-26/h2-7,10-11H,8-9H2,1H3,(H,22,29). The van der Waals surface area contributed by atoms with E-state index in [1.54, 1.807) is 42.5 Å². The molecule has 0 spiro atoms. The Morgan fingerprint density at radius 3 is 2.55 bits per heavy atom. The van der Waals surface area contributed by atoms with E-state index in [-0.39, 0.29) is 30.4 Å². The fraction of sp³-hybridized carbons (Fsp3) is 0.158. The number of aromatic nitrogens is 4. The average Bonchev–Trinajstić information content (AvgIpc) is 3.26. The second-order valence-electron chi connectivity index (χ2n) is 6.44. The summed E-state index contributed by atoms with van der Waals surface area (Å²) in [7, 11) is 0. The lowest BCUT2D eigenvalue weighted by Crippen LogP contribution is -2.36. The summed E-state index contributed by atoms with van der Waals surface area (Å²) in [6.45, 7) is 1.87. The Labute approximate surface area is 171 Å². The number of rotatable bonds is 4. The van der Waals surface area contributed by atoms with E-state index in [2.05, 4.69) is 25.9 Å². The van der Waals surface area contributed by atoms with Gasteiger partial charge < -0.3 is 5.32 Å². The van der Waals surface area contributed by atoms with Gasteiger partial charge in [0.05, 0.1) is 11.4 Å². The summed E-state index contributed by atoms with van der Waals surface area (Å²) in [5.74, 6) is -0.553. The summed E-state index contributed by atoms with van der Waals surface area (Å²) >= 11 is 6.16. The van der Waals surface area contributed by atoms with Gasteiger partial charge in [0, 0.05) is 23.6 Å². The number of carbonyl (C=O) groups excluding carboxylic acids is 2. The minimum atomic E-state index is -0.365. The number of amides is 2. The average molecular weight is 410 g/mol. The zero-order valence-corrected chi connectivity index (χ0v) is 16.2. The lowest BCUT2D eigenvalue weighted by atomic mass is 10.1. The van der Waals surface area contributed by atoms with Crippen LogP contribution in [0, 0.1) is 6.92 Å². The van der Waals surface area contributed by atoms with Crippen molar-refractivity contribution in [1.29, 1.82) is 0 Å². The second kappa shape index (κ2) is 7.80. The van der Waals surface area contributed by atoms with Crippen LogP contribution in [-0.2, 0) is 9.59 Å². The highest BCUT2D eigenvalue weighted by molar-refractivity contribution is 6.44. The number of nitrogens with zero attached hydrogens (tertiary/aromatic N) is 6. The molecule has 10 heteroatoms. The molecule has 0 radical (unpaired) electrons. The van der Waals surface area contributed by atoms with Crippen LogP contribution in [0.5, 0.6) is 0 Å². The summed E-state index contributed by atoms with van der Waals surface area (Å²) in [6, 6.07) is 12.2. The van der Waals surface area contributed by atoms with Crippen LogP contribution in [0.1, 0.15) is 18.4 Å². The van der Waals surface area contributed by atoms with Crippen molar-refractivity contribution in [2.45, 2.75) is 19.8 Å². The molecule has 0 fully saturated rings. The van der Waals surface area contributed by atoms with E-state index in [0.717, 1.165) is 11.3 Å². The van der Waals surface area contributed by atoms with Gasteiger partial charge >= 0.3 is 0 Å². The number of hydrogen-bond donors (Lipinski definition) is 1. The van der Waals surface area contributed by atoms with Crippen molar-refractivity contribution in [3.8, 4) is 5.69 Å². The quantitative estimate of drug-likeness (QED) is 0.713. The largest absolute Gasteiger partial charge is 0.321 e. The molecule has 3 aromatic rings. The van der Waals surface area contributed by atoms with Gasteiger partial charge in [0.1, 0.15) is 12.0 Å². The van der Waals surface area contributed by atoms with Gasteiger partial charge in [-0.25, -0.2) is 9.69 Å². The fourth-order valence-corrected chi connectivity index (χ4v) is 2.99. The molecule has 0 saturated carbocycles. The van der Waals surface area contributed by atoms with Gasteiger partial charge in [-0.3, -0.25) is 9.59 Å². The summed E-state index contributed by atoms with van der Waals surface area (Å²) in [4.78, 5) is 24.9. The molecule has 1 aliphatic heterocycles. The van der Waals surface area contributed by atoms with Crippen LogP contribution in [0.25, 0.3) is 5.69 Å². The summed E-state index contributed by atoms with van der Waals surface area (Å²) < 4.78 is 1.51. The van der Waals surface area contributed by atoms with E-state index >= 15 is 0 Å². The predicted molar refractivity (Wildman–Crippen MR) is 108 cm³/mol. The number of tetrazole rings is 1. The molecule has 2 aromatic carbocycles. The number of carbonyl (C=O) groups is 2. The highest BCUT2D eigenvalue weighted by atomic mass is 35.5. The predicted octanol–water partition coefficient (Wildman–Crippen LogP) is 2.75. The first-order chi connectivity index (χ1) is 14.0. The first-order valence-electron chi connectivity index (χ1n) is 8.82. The molecule has 1 aliphatic rings. The molecule has 0 bridgehead atoms. The molecule has 2 heterocycles. The first-order valence-corrected chi connectivity index (χ1v) is 9.20. The number of nitrogens with one attached hydrogen (secondary N) is 1. The van der Waals surface area contributed by atoms with Crippen LogP contribution in [0.15, 0.2) is 53.9 Å². The molecule has 9 nitrogen and oxygen atoms in total. The van der Waals surface area contributed by atoms with E-state index in [4.69, 9.17) is 11.6 Å². The molecule has 146 valence electrons. The lowest BCUT2D eigenvalue weighted by Gasteiger charge is -2.23. The maximum Gasteiger partial charge on any atom is 0.271 e. The van der Waals surface area contributed by atoms with Crippen molar-refractivity contribution >= 4 is 40.5 Å². The van der Waals surface area contributed by atoms with Gasteiger partial charge in [-0.15, -0.1) is 5.10 Å². The molecule has 1 N–H and O–H groups in total. The molecule has 0 unspecified atom stereocenters. The van der Waals surface area contributed by atoms with E-state index in [1.807, 2.05) is 6.92 Å². The summed E-state index contributed by atoms with van der Waals surface area (Å²) in [6.07, 6.45) is 1.94. The molecule has 1 aromatic heterocycles. The van der Waals surface area contributed by atoms with Crippen LogP contribution in [0.4, 0.5) is 11.4 Å². The number of hydrogen-bond acceptors (Lipinski definition) is 6. The number of halogens is 1. The normalized spacial score (nSPS) is 13.9. The third kappa shape index (κ3) is 3.99. The third-order valence-corrected chi connectivity index (χ3v) is 4.84. The molecular formula is C19H16ClN7O2. The van der Waals surface area contributed by atoms with Gasteiger partial charge in [0.2, 0.25) is 5.91 Å². The number of anilines is 2. The molecule has 4 rings (SSSR count). The monoisotopic (exact) mass is 409 g/mol. The second-order valence-corrected chi connectivity index (χ2v) is 6.85. The van der Waals surface area contributed by atoms with Crippen LogP contribution in [-0.4, -0.2) is 37.7 Å². The van der Waals surface area contributed by atoms with Gasteiger partial charge in [-0.1, -0.05) is 17.7 Å². The molecule has 0 atom stereocenters. The Balaban J connectivity index is 1.51. The van der Waals surface area contributed by atoms with E-state index in [0.29, 0.717) is 16.4 Å². The van der Waals surface area contributed by atoms with Crippen LogP contribution in [0.2, 0.25) is 5.02 Å². The molecular weight excluding hydrogens is 394 g/mol. The van der Waals surface area contributed by atoms with Crippen molar-refractivity contribution in [3.63, 3.8) is 0 Å². The van der Waals surface area contributed by atoms with Crippen LogP contribution >= 0.6 is 11.6 Å². The van der Waals surface area contributed by atoms with Crippen LogP contribution in [0.3, 0.4) is 0 Å². The van der Waals surface area contributed by atoms with Crippen molar-refractivity contribution in [2.24, 2.45) is 5.10 Å². The molecule has 2 amide bonds. The molecule has 29 heavy (non-hydrogen) atoms. The lowest BCUT2D eigenvalue weighted by molar-refractivity contribution is -0.118. The van der Waals surface area contributed by atoms with Gasteiger partial charge in [-0.2, -0.15) is 5.10 Å². The highest BCUT2D eigenvalue weighted by Gasteiger charge is 2.26. The Hall–Kier alpha value is -3.59. The minimum absolute atomic E-state index is 0.188. The van der Waals surface area contributed by atoms with E-state index in [9.17, 15) is 9.59 Å². The number of benzene rings is 2. The SMILES string of the molecule is Cc1ccc(N2N=C(C(=O)Nc3ccc(-n4cnnn4)cc3)CCC2=O)cc1Cl. The van der Waals surface area contributed by atoms with Gasteiger partial charge in [0.25, 0.3) is 5.91 Å². The summed E-state index contributed by atoms with van der Waals surface area (Å²) in [5, 5.41) is 19.8. The first kappa shape index (κ1) is 18.8. The zero-order chi connectivity index (χ0) is 20.4. The van der Waals surface area contributed by atoms with Crippen molar-refractivity contribution in [3.05, 3.63) is 59.4 Å². The highest BCUT2D eigenvalue weighted by Crippen LogP contribution is 2.26. The molecule has 0 aliphatic carbocycles. The maximum absolute atomic E-state index is 12.6. The van der Waals surface area contributed by atoms with Crippen molar-refractivity contribution < 1.29 is 9.59 Å². The van der Waals surface area contributed by atoms with E-state index < -0.39 is 0 Å². The Bertz CT molecular complexity index is 1090. The Morgan fingerprint density at radius 1 is 1.10 bits per heavy atom. The van der Waals surface area contributed by atoms with E-state index in [1.165, 1.54) is 16.0 Å². The molecule has 0 saturated heterocycles. The third-order valence-electron chi connectivity index (χ3n) is 4.43. The number of aryl methyl sites for hydroxylation is 1. The Kier molecular flexibility index (Phi) is 5.05. The smallest absolute Gasteiger partial charge is 0.271 e. The van der Waals surface area contributed by atoms with Crippen molar-refractivity contribution in [2.75, 3.05) is 10.3 Å². The Morgan fingerprint density at radius 2 is 1.86 bits per heavy atom.